The van der Waals surface area contributed by atoms with Gasteiger partial charge in [0.1, 0.15) is 11.9 Å². The second-order valence-corrected chi connectivity index (χ2v) is 6.56. The van der Waals surface area contributed by atoms with Crippen molar-refractivity contribution in [1.29, 1.82) is 0 Å². The molecule has 1 saturated heterocycles. The number of aryl methyl sites for hydroxylation is 2. The van der Waals surface area contributed by atoms with Crippen LogP contribution in [0.5, 0.6) is 0 Å². The molecule has 4 rings (SSSR count). The predicted molar refractivity (Wildman–Crippen MR) is 97.3 cm³/mol. The Kier molecular flexibility index (Phi) is 4.24. The number of hydrogen-bond acceptors (Lipinski definition) is 6. The van der Waals surface area contributed by atoms with Crippen LogP contribution in [-0.4, -0.2) is 48.1 Å². The first-order valence-electron chi connectivity index (χ1n) is 8.72. The van der Waals surface area contributed by atoms with Gasteiger partial charge in [0.15, 0.2) is 5.65 Å². The van der Waals surface area contributed by atoms with Gasteiger partial charge in [0, 0.05) is 31.7 Å². The molecular weight excluding hydrogens is 330 g/mol. The van der Waals surface area contributed by atoms with Gasteiger partial charge in [-0.1, -0.05) is 0 Å². The highest BCUT2D eigenvalue weighted by molar-refractivity contribution is 5.92. The van der Waals surface area contributed by atoms with Gasteiger partial charge in [0.25, 0.3) is 0 Å². The third-order valence-electron chi connectivity index (χ3n) is 4.68. The topological polar surface area (TPSA) is 88.8 Å². The van der Waals surface area contributed by atoms with E-state index in [2.05, 4.69) is 25.4 Å². The lowest BCUT2D eigenvalue weighted by Crippen LogP contribution is -2.47. The van der Waals surface area contributed by atoms with E-state index >= 15 is 0 Å². The van der Waals surface area contributed by atoms with E-state index in [1.807, 2.05) is 31.0 Å². The molecule has 1 aliphatic heterocycles. The van der Waals surface area contributed by atoms with E-state index in [0.29, 0.717) is 6.54 Å². The van der Waals surface area contributed by atoms with Crippen LogP contribution in [0.4, 0.5) is 5.69 Å². The van der Waals surface area contributed by atoms with E-state index in [0.717, 1.165) is 47.6 Å². The Balaban J connectivity index is 1.52. The maximum absolute atomic E-state index is 12.9. The number of pyridine rings is 1. The van der Waals surface area contributed by atoms with Gasteiger partial charge in [-0.2, -0.15) is 5.10 Å². The second kappa shape index (κ2) is 6.70. The maximum Gasteiger partial charge on any atom is 0.245 e. The molecule has 0 saturated carbocycles. The average Bonchev–Trinajstić information content (AvgIpc) is 3.01. The summed E-state index contributed by atoms with van der Waals surface area (Å²) in [7, 11) is 1.86. The van der Waals surface area contributed by atoms with Crippen molar-refractivity contribution in [3.05, 3.63) is 42.2 Å². The van der Waals surface area contributed by atoms with Gasteiger partial charge < -0.3 is 10.2 Å². The van der Waals surface area contributed by atoms with Crippen molar-refractivity contribution in [1.82, 2.24) is 29.6 Å². The Morgan fingerprint density at radius 2 is 2.12 bits per heavy atom. The summed E-state index contributed by atoms with van der Waals surface area (Å²) < 4.78 is 1.73. The average molecular weight is 351 g/mol. The molecule has 8 heteroatoms. The summed E-state index contributed by atoms with van der Waals surface area (Å²) in [5.41, 5.74) is 2.55. The van der Waals surface area contributed by atoms with Gasteiger partial charge in [-0.3, -0.25) is 9.48 Å². The second-order valence-electron chi connectivity index (χ2n) is 6.56. The Hall–Kier alpha value is -3.03. The number of carbonyl (C=O) groups is 1. The summed E-state index contributed by atoms with van der Waals surface area (Å²) >= 11 is 0. The smallest absolute Gasteiger partial charge is 0.245 e. The van der Waals surface area contributed by atoms with E-state index in [1.165, 1.54) is 0 Å². The van der Waals surface area contributed by atoms with E-state index in [-0.39, 0.29) is 11.9 Å². The zero-order valence-electron chi connectivity index (χ0n) is 14.9. The fraction of sp³-hybridized carbons (Fsp3) is 0.389. The van der Waals surface area contributed by atoms with Crippen molar-refractivity contribution in [2.24, 2.45) is 7.05 Å². The van der Waals surface area contributed by atoms with Crippen molar-refractivity contribution >= 4 is 22.6 Å². The standard InChI is InChI=1S/C18H21N7O/c1-12-19-7-5-13(22-12)11-25-9-3-4-16(18(25)26)23-15-6-8-20-17-14(15)10-21-24(17)2/h5-8,10,16H,3-4,9,11H2,1-2H3,(H,20,23). The number of rotatable bonds is 4. The summed E-state index contributed by atoms with van der Waals surface area (Å²) in [6.45, 7) is 3.12. The molecule has 8 nitrogen and oxygen atoms in total. The molecule has 3 aromatic heterocycles. The molecule has 0 bridgehead atoms. The number of hydrogen-bond donors (Lipinski definition) is 1. The number of likely N-dealkylation sites (tertiary alicyclic amines) is 1. The third kappa shape index (κ3) is 3.10. The monoisotopic (exact) mass is 351 g/mol. The van der Waals surface area contributed by atoms with Gasteiger partial charge >= 0.3 is 0 Å². The Morgan fingerprint density at radius 1 is 1.27 bits per heavy atom. The molecular formula is C18H21N7O. The predicted octanol–water partition coefficient (Wildman–Crippen LogP) is 1.67. The van der Waals surface area contributed by atoms with Crippen LogP contribution in [0.15, 0.2) is 30.7 Å². The van der Waals surface area contributed by atoms with Gasteiger partial charge in [0.05, 0.1) is 23.8 Å². The lowest BCUT2D eigenvalue weighted by atomic mass is 10.0. The fourth-order valence-corrected chi connectivity index (χ4v) is 3.38. The van der Waals surface area contributed by atoms with Crippen molar-refractivity contribution in [2.45, 2.75) is 32.4 Å². The van der Waals surface area contributed by atoms with Crippen LogP contribution in [0.1, 0.15) is 24.4 Å². The summed E-state index contributed by atoms with van der Waals surface area (Å²) in [4.78, 5) is 27.7. The lowest BCUT2D eigenvalue weighted by molar-refractivity contribution is -0.134. The SMILES string of the molecule is Cc1nccc(CN2CCCC(Nc3ccnc4c3cnn4C)C2=O)n1. The van der Waals surface area contributed by atoms with Crippen LogP contribution in [0.3, 0.4) is 0 Å². The third-order valence-corrected chi connectivity index (χ3v) is 4.68. The zero-order valence-corrected chi connectivity index (χ0v) is 14.9. The highest BCUT2D eigenvalue weighted by atomic mass is 16.2. The van der Waals surface area contributed by atoms with Crippen LogP contribution in [0, 0.1) is 6.92 Å². The van der Waals surface area contributed by atoms with Crippen LogP contribution in [0.2, 0.25) is 0 Å². The molecule has 0 aliphatic carbocycles. The van der Waals surface area contributed by atoms with E-state index in [9.17, 15) is 4.79 Å². The normalized spacial score (nSPS) is 17.7. The molecule has 1 unspecified atom stereocenters. The van der Waals surface area contributed by atoms with Crippen LogP contribution in [0.25, 0.3) is 11.0 Å². The number of amides is 1. The number of nitrogens with zero attached hydrogens (tertiary/aromatic N) is 6. The lowest BCUT2D eigenvalue weighted by Gasteiger charge is -2.33. The molecule has 26 heavy (non-hydrogen) atoms. The number of anilines is 1. The Labute approximate surface area is 151 Å². The first kappa shape index (κ1) is 16.4. The zero-order chi connectivity index (χ0) is 18.1. The number of piperidine rings is 1. The molecule has 0 aromatic carbocycles. The molecule has 3 aromatic rings. The molecule has 1 atom stereocenters. The molecule has 0 radical (unpaired) electrons. The molecule has 1 aliphatic rings. The Bertz CT molecular complexity index is 952. The first-order valence-corrected chi connectivity index (χ1v) is 8.72. The first-order chi connectivity index (χ1) is 12.6. The minimum absolute atomic E-state index is 0.0985. The summed E-state index contributed by atoms with van der Waals surface area (Å²) in [5.74, 6) is 0.818. The summed E-state index contributed by atoms with van der Waals surface area (Å²) in [6.07, 6.45) is 7.01. The molecule has 134 valence electrons. The van der Waals surface area contributed by atoms with Gasteiger partial charge in [-0.05, 0) is 31.9 Å². The molecule has 1 N–H and O–H groups in total. The van der Waals surface area contributed by atoms with Crippen molar-refractivity contribution in [3.8, 4) is 0 Å². The highest BCUT2D eigenvalue weighted by Gasteiger charge is 2.29. The molecule has 1 amide bonds. The van der Waals surface area contributed by atoms with Gasteiger partial charge in [0.2, 0.25) is 5.91 Å². The van der Waals surface area contributed by atoms with Crippen LogP contribution in [-0.2, 0) is 18.4 Å². The fourth-order valence-electron chi connectivity index (χ4n) is 3.38. The number of nitrogens with one attached hydrogen (secondary N) is 1. The van der Waals surface area contributed by atoms with Crippen LogP contribution < -0.4 is 5.32 Å². The summed E-state index contributed by atoms with van der Waals surface area (Å²) in [5, 5.41) is 8.57. The minimum Gasteiger partial charge on any atom is -0.373 e. The largest absolute Gasteiger partial charge is 0.373 e. The van der Waals surface area contributed by atoms with E-state index in [4.69, 9.17) is 0 Å². The van der Waals surface area contributed by atoms with Crippen LogP contribution >= 0.6 is 0 Å². The Morgan fingerprint density at radius 3 is 2.96 bits per heavy atom. The number of fused-ring (bicyclic) bond motifs is 1. The molecule has 0 spiro atoms. The maximum atomic E-state index is 12.9. The van der Waals surface area contributed by atoms with Gasteiger partial charge in [-0.15, -0.1) is 0 Å². The quantitative estimate of drug-likeness (QED) is 0.769. The van der Waals surface area contributed by atoms with E-state index in [1.54, 1.807) is 23.3 Å². The molecule has 1 fully saturated rings. The minimum atomic E-state index is -0.252. The highest BCUT2D eigenvalue weighted by Crippen LogP contribution is 2.24. The summed E-state index contributed by atoms with van der Waals surface area (Å²) in [6, 6.07) is 3.50. The number of carbonyl (C=O) groups excluding carboxylic acids is 1. The van der Waals surface area contributed by atoms with E-state index < -0.39 is 0 Å². The number of aromatic nitrogens is 5. The van der Waals surface area contributed by atoms with Gasteiger partial charge in [-0.25, -0.2) is 15.0 Å². The van der Waals surface area contributed by atoms with Crippen molar-refractivity contribution < 1.29 is 4.79 Å². The van der Waals surface area contributed by atoms with Crippen molar-refractivity contribution in [3.63, 3.8) is 0 Å². The molecule has 4 heterocycles. The van der Waals surface area contributed by atoms with Crippen molar-refractivity contribution in [2.75, 3.05) is 11.9 Å².